The molecule has 0 heterocycles. The van der Waals surface area contributed by atoms with Gasteiger partial charge in [0.15, 0.2) is 0 Å². The van der Waals surface area contributed by atoms with Crippen LogP contribution in [0, 0.1) is 0 Å². The largest absolute Gasteiger partial charge is 0.462 e. The van der Waals surface area contributed by atoms with Crippen LogP contribution in [0.25, 0.3) is 0 Å². The Bertz CT molecular complexity index is 843. The second-order valence-corrected chi connectivity index (χ2v) is 14.1. The van der Waals surface area contributed by atoms with Crippen molar-refractivity contribution in [1.82, 2.24) is 0 Å². The first-order valence-electron chi connectivity index (χ1n) is 8.92. The number of halogens is 4. The molecule has 0 radical (unpaired) electrons. The highest BCUT2D eigenvalue weighted by Crippen LogP contribution is 2.40. The van der Waals surface area contributed by atoms with Crippen molar-refractivity contribution in [2.24, 2.45) is 0 Å². The summed E-state index contributed by atoms with van der Waals surface area (Å²) in [5, 5.41) is 0. The van der Waals surface area contributed by atoms with Gasteiger partial charge in [-0.3, -0.25) is 0 Å². The van der Waals surface area contributed by atoms with Gasteiger partial charge in [-0.25, -0.2) is 0 Å². The number of rotatable bonds is 8. The molecule has 2 nitrogen and oxygen atoms in total. The molecule has 0 unspecified atom stereocenters. The summed E-state index contributed by atoms with van der Waals surface area (Å²) in [6.07, 6.45) is 0. The van der Waals surface area contributed by atoms with Gasteiger partial charge in [-0.2, -0.15) is 0 Å². The van der Waals surface area contributed by atoms with Crippen molar-refractivity contribution in [1.29, 1.82) is 0 Å². The van der Waals surface area contributed by atoms with Gasteiger partial charge in [0.05, 0.1) is 0 Å². The standard InChI is InChI=1S/C23H24Br4O2/c1-15(2)22(24,25)28-19-11-7-9-17(13-19)21(5,6)18-10-8-12-20(14-18)29-23(26,27)16(3)4/h7-14H,1,3H2,2,4-6H3. The first-order chi connectivity index (χ1) is 13.3. The molecule has 0 aliphatic carbocycles. The van der Waals surface area contributed by atoms with Crippen LogP contribution in [0.1, 0.15) is 38.8 Å². The monoisotopic (exact) mass is 648 g/mol. The minimum absolute atomic E-state index is 0.270. The minimum Gasteiger partial charge on any atom is -0.462 e. The fourth-order valence-corrected chi connectivity index (χ4v) is 3.28. The third-order valence-electron chi connectivity index (χ3n) is 4.60. The Morgan fingerprint density at radius 1 is 0.724 bits per heavy atom. The number of ether oxygens (including phenoxy) is 2. The molecule has 0 N–H and O–H groups in total. The summed E-state index contributed by atoms with van der Waals surface area (Å²) in [7, 11) is 0. The van der Waals surface area contributed by atoms with Gasteiger partial charge in [0.1, 0.15) is 11.5 Å². The van der Waals surface area contributed by atoms with E-state index in [1.54, 1.807) is 0 Å². The van der Waals surface area contributed by atoms with Crippen molar-refractivity contribution in [3.8, 4) is 11.5 Å². The molecular formula is C23H24Br4O2. The lowest BCUT2D eigenvalue weighted by Crippen LogP contribution is -2.23. The topological polar surface area (TPSA) is 18.5 Å². The molecule has 6 heteroatoms. The zero-order valence-electron chi connectivity index (χ0n) is 16.9. The molecule has 0 aliphatic heterocycles. The maximum Gasteiger partial charge on any atom is 0.239 e. The molecule has 0 spiro atoms. The maximum atomic E-state index is 6.04. The highest BCUT2D eigenvalue weighted by Gasteiger charge is 2.29. The normalized spacial score (nSPS) is 12.4. The van der Waals surface area contributed by atoms with Crippen molar-refractivity contribution in [2.45, 2.75) is 39.9 Å². The van der Waals surface area contributed by atoms with Crippen molar-refractivity contribution < 1.29 is 9.47 Å². The third kappa shape index (κ3) is 6.22. The number of alkyl halides is 4. The van der Waals surface area contributed by atoms with Gasteiger partial charge < -0.3 is 9.47 Å². The molecule has 156 valence electrons. The van der Waals surface area contributed by atoms with Gasteiger partial charge in [-0.1, -0.05) is 51.3 Å². The van der Waals surface area contributed by atoms with Gasteiger partial charge in [-0.15, -0.1) is 0 Å². The van der Waals surface area contributed by atoms with Gasteiger partial charge in [0.2, 0.25) is 6.84 Å². The van der Waals surface area contributed by atoms with Crippen LogP contribution in [-0.4, -0.2) is 6.84 Å². The average molecular weight is 652 g/mol. The number of hydrogen-bond acceptors (Lipinski definition) is 2. The van der Waals surface area contributed by atoms with Crippen molar-refractivity contribution in [3.63, 3.8) is 0 Å². The van der Waals surface area contributed by atoms with Crippen LogP contribution in [0.15, 0.2) is 72.8 Å². The van der Waals surface area contributed by atoms with Crippen LogP contribution in [0.4, 0.5) is 0 Å². The molecule has 0 aromatic heterocycles. The van der Waals surface area contributed by atoms with E-state index in [9.17, 15) is 0 Å². The summed E-state index contributed by atoms with van der Waals surface area (Å²) in [5.74, 6) is 1.48. The van der Waals surface area contributed by atoms with Crippen LogP contribution < -0.4 is 9.47 Å². The zero-order chi connectivity index (χ0) is 22.0. The van der Waals surface area contributed by atoms with Gasteiger partial charge in [-0.05, 0) is 124 Å². The maximum absolute atomic E-state index is 6.04. The predicted molar refractivity (Wildman–Crippen MR) is 137 cm³/mol. The van der Waals surface area contributed by atoms with Gasteiger partial charge in [0, 0.05) is 5.41 Å². The Morgan fingerprint density at radius 2 is 1.07 bits per heavy atom. The van der Waals surface area contributed by atoms with Gasteiger partial charge in [0.25, 0.3) is 0 Å². The molecule has 0 aliphatic rings. The molecule has 0 bridgehead atoms. The molecule has 0 atom stereocenters. The molecule has 2 rings (SSSR count). The Balaban J connectivity index is 2.36. The van der Waals surface area contributed by atoms with E-state index in [0.29, 0.717) is 0 Å². The molecule has 0 saturated carbocycles. The molecule has 2 aromatic rings. The van der Waals surface area contributed by atoms with Crippen molar-refractivity contribution in [3.05, 3.63) is 84.0 Å². The predicted octanol–water partition coefficient (Wildman–Crippen LogP) is 8.81. The van der Waals surface area contributed by atoms with E-state index in [1.807, 2.05) is 50.2 Å². The second kappa shape index (κ2) is 9.29. The Hall–Kier alpha value is -0.560. The Kier molecular flexibility index (Phi) is 7.92. The molecular weight excluding hydrogens is 628 g/mol. The first kappa shape index (κ1) is 24.7. The highest BCUT2D eigenvalue weighted by molar-refractivity contribution is 9.25. The zero-order valence-corrected chi connectivity index (χ0v) is 23.2. The summed E-state index contributed by atoms with van der Waals surface area (Å²) in [5.41, 5.74) is 3.60. The smallest absolute Gasteiger partial charge is 0.239 e. The summed E-state index contributed by atoms with van der Waals surface area (Å²) >= 11 is 14.1. The van der Waals surface area contributed by atoms with E-state index in [-0.39, 0.29) is 5.41 Å². The van der Waals surface area contributed by atoms with Gasteiger partial charge >= 0.3 is 0 Å². The number of benzene rings is 2. The van der Waals surface area contributed by atoms with Crippen LogP contribution in [0.3, 0.4) is 0 Å². The van der Waals surface area contributed by atoms with Crippen LogP contribution in [-0.2, 0) is 5.41 Å². The Labute approximate surface area is 207 Å². The summed E-state index contributed by atoms with van der Waals surface area (Å²) in [6, 6.07) is 16.1. The van der Waals surface area contributed by atoms with E-state index in [4.69, 9.17) is 9.47 Å². The summed E-state index contributed by atoms with van der Waals surface area (Å²) in [6.45, 7) is 16.0. The Morgan fingerprint density at radius 3 is 1.38 bits per heavy atom. The van der Waals surface area contributed by atoms with Crippen LogP contribution >= 0.6 is 63.7 Å². The summed E-state index contributed by atoms with van der Waals surface area (Å²) in [4.78, 5) is 0. The van der Waals surface area contributed by atoms with Crippen LogP contribution in [0.5, 0.6) is 11.5 Å². The van der Waals surface area contributed by atoms with Crippen molar-refractivity contribution in [2.75, 3.05) is 0 Å². The molecule has 29 heavy (non-hydrogen) atoms. The average Bonchev–Trinajstić information content (AvgIpc) is 2.61. The third-order valence-corrected chi connectivity index (χ3v) is 7.95. The van der Waals surface area contributed by atoms with E-state index in [0.717, 1.165) is 33.8 Å². The van der Waals surface area contributed by atoms with E-state index in [1.165, 1.54) is 0 Å². The van der Waals surface area contributed by atoms with E-state index in [2.05, 4.69) is 103 Å². The fraction of sp³-hybridized carbons (Fsp3) is 0.304. The van der Waals surface area contributed by atoms with E-state index >= 15 is 0 Å². The van der Waals surface area contributed by atoms with E-state index < -0.39 is 6.84 Å². The lowest BCUT2D eigenvalue weighted by atomic mass is 9.78. The quantitative estimate of drug-likeness (QED) is 0.210. The lowest BCUT2D eigenvalue weighted by molar-refractivity contribution is 0.303. The highest BCUT2D eigenvalue weighted by atomic mass is 79.9. The SMILES string of the molecule is C=C(C)C(Br)(Br)Oc1cccc(C(C)(C)c2cccc(OC(Br)(Br)C(=C)C)c2)c1. The molecule has 2 aromatic carbocycles. The van der Waals surface area contributed by atoms with Crippen LogP contribution in [0.2, 0.25) is 0 Å². The fourth-order valence-electron chi connectivity index (χ4n) is 2.53. The molecule has 0 fully saturated rings. The first-order valence-corrected chi connectivity index (χ1v) is 12.1. The summed E-state index contributed by atoms with van der Waals surface area (Å²) < 4.78 is 10.5. The number of hydrogen-bond donors (Lipinski definition) is 0. The molecule has 0 amide bonds. The minimum atomic E-state index is -0.797. The molecule has 0 saturated heterocycles. The second-order valence-electron chi connectivity index (χ2n) is 7.48. The lowest BCUT2D eigenvalue weighted by Gasteiger charge is -2.29. The van der Waals surface area contributed by atoms with Crippen molar-refractivity contribution >= 4 is 63.7 Å².